The highest BCUT2D eigenvalue weighted by atomic mass is 16.6. The summed E-state index contributed by atoms with van der Waals surface area (Å²) in [5, 5.41) is 13.4. The smallest absolute Gasteiger partial charge is 0.269 e. The Morgan fingerprint density at radius 3 is 2.56 bits per heavy atom. The number of carbonyl (C=O) groups excluding carboxylic acids is 1. The van der Waals surface area contributed by atoms with Crippen LogP contribution in [0.5, 0.6) is 5.75 Å². The van der Waals surface area contributed by atoms with Gasteiger partial charge in [0.25, 0.3) is 11.6 Å². The SMILES string of the molecule is CCNC(=O)c1c(C)nc(N)nc1C(C)Oc1ccc([N+](=O)[O-])cc1. The second-order valence-electron chi connectivity index (χ2n) is 5.30. The molecule has 1 heterocycles. The highest BCUT2D eigenvalue weighted by Gasteiger charge is 2.23. The molecule has 9 nitrogen and oxygen atoms in total. The summed E-state index contributed by atoms with van der Waals surface area (Å²) in [6.07, 6.45) is -0.608. The van der Waals surface area contributed by atoms with Crippen LogP contribution in [-0.2, 0) is 0 Å². The average molecular weight is 345 g/mol. The second kappa shape index (κ2) is 7.56. The van der Waals surface area contributed by atoms with Crippen LogP contribution in [0.25, 0.3) is 0 Å². The number of hydrogen-bond donors (Lipinski definition) is 2. The molecule has 1 aromatic heterocycles. The number of aryl methyl sites for hydroxylation is 1. The topological polar surface area (TPSA) is 133 Å². The predicted octanol–water partition coefficient (Wildman–Crippen LogP) is 2.17. The standard InChI is InChI=1S/C16H19N5O4/c1-4-18-15(22)13-9(2)19-16(17)20-14(13)10(3)25-12-7-5-11(6-8-12)21(23)24/h5-8,10H,4H2,1-3H3,(H,18,22)(H2,17,19,20). The summed E-state index contributed by atoms with van der Waals surface area (Å²) < 4.78 is 5.77. The Morgan fingerprint density at radius 1 is 1.36 bits per heavy atom. The van der Waals surface area contributed by atoms with E-state index in [1.807, 2.05) is 6.92 Å². The average Bonchev–Trinajstić information content (AvgIpc) is 2.54. The third kappa shape index (κ3) is 4.19. The van der Waals surface area contributed by atoms with Crippen LogP contribution < -0.4 is 15.8 Å². The van der Waals surface area contributed by atoms with Gasteiger partial charge in [0.15, 0.2) is 0 Å². The molecule has 2 rings (SSSR count). The van der Waals surface area contributed by atoms with Crippen molar-refractivity contribution in [2.45, 2.75) is 26.9 Å². The fourth-order valence-corrected chi connectivity index (χ4v) is 2.35. The molecule has 0 aliphatic rings. The number of nitrogen functional groups attached to an aromatic ring is 1. The van der Waals surface area contributed by atoms with Gasteiger partial charge in [-0.15, -0.1) is 0 Å². The van der Waals surface area contributed by atoms with Gasteiger partial charge in [0.1, 0.15) is 11.9 Å². The number of carbonyl (C=O) groups is 1. The van der Waals surface area contributed by atoms with E-state index in [0.29, 0.717) is 29.2 Å². The maximum absolute atomic E-state index is 12.3. The van der Waals surface area contributed by atoms with Crippen molar-refractivity contribution >= 4 is 17.5 Å². The number of hydrogen-bond acceptors (Lipinski definition) is 7. The summed E-state index contributed by atoms with van der Waals surface area (Å²) in [5.41, 5.74) is 6.78. The van der Waals surface area contributed by atoms with Crippen molar-refractivity contribution in [1.29, 1.82) is 0 Å². The van der Waals surface area contributed by atoms with Crippen molar-refractivity contribution in [3.63, 3.8) is 0 Å². The molecule has 1 atom stereocenters. The van der Waals surface area contributed by atoms with Crippen LogP contribution in [-0.4, -0.2) is 27.3 Å². The molecule has 1 aromatic carbocycles. The number of nitro benzene ring substituents is 1. The monoisotopic (exact) mass is 345 g/mol. The number of nitrogens with one attached hydrogen (secondary N) is 1. The normalized spacial score (nSPS) is 11.6. The Labute approximate surface area is 144 Å². The summed E-state index contributed by atoms with van der Waals surface area (Å²) in [5.74, 6) is 0.142. The minimum atomic E-state index is -0.608. The van der Waals surface area contributed by atoms with E-state index in [2.05, 4.69) is 15.3 Å². The van der Waals surface area contributed by atoms with Crippen LogP contribution in [0, 0.1) is 17.0 Å². The zero-order valence-electron chi connectivity index (χ0n) is 14.1. The van der Waals surface area contributed by atoms with Gasteiger partial charge in [0.05, 0.1) is 21.9 Å². The van der Waals surface area contributed by atoms with Crippen LogP contribution in [0.4, 0.5) is 11.6 Å². The van der Waals surface area contributed by atoms with Gasteiger partial charge >= 0.3 is 0 Å². The zero-order valence-corrected chi connectivity index (χ0v) is 14.1. The number of anilines is 1. The van der Waals surface area contributed by atoms with Crippen LogP contribution in [0.3, 0.4) is 0 Å². The molecule has 25 heavy (non-hydrogen) atoms. The molecule has 0 radical (unpaired) electrons. The molecule has 0 spiro atoms. The van der Waals surface area contributed by atoms with Gasteiger partial charge in [0, 0.05) is 18.7 Å². The Balaban J connectivity index is 2.33. The lowest BCUT2D eigenvalue weighted by Crippen LogP contribution is -2.27. The Kier molecular flexibility index (Phi) is 5.48. The zero-order chi connectivity index (χ0) is 18.6. The quantitative estimate of drug-likeness (QED) is 0.605. The van der Waals surface area contributed by atoms with E-state index in [1.54, 1.807) is 13.8 Å². The first kappa shape index (κ1) is 18.1. The van der Waals surface area contributed by atoms with E-state index in [0.717, 1.165) is 0 Å². The molecule has 0 aliphatic heterocycles. The second-order valence-corrected chi connectivity index (χ2v) is 5.30. The summed E-state index contributed by atoms with van der Waals surface area (Å²) >= 11 is 0. The van der Waals surface area contributed by atoms with Crippen molar-refractivity contribution in [1.82, 2.24) is 15.3 Å². The molecule has 9 heteroatoms. The lowest BCUT2D eigenvalue weighted by atomic mass is 10.1. The minimum absolute atomic E-state index is 0.0369. The van der Waals surface area contributed by atoms with Crippen molar-refractivity contribution in [2.24, 2.45) is 0 Å². The van der Waals surface area contributed by atoms with Crippen LogP contribution >= 0.6 is 0 Å². The summed E-state index contributed by atoms with van der Waals surface area (Å²) in [7, 11) is 0. The Morgan fingerprint density at radius 2 is 2.00 bits per heavy atom. The van der Waals surface area contributed by atoms with E-state index < -0.39 is 11.0 Å². The Hall–Kier alpha value is -3.23. The number of aromatic nitrogens is 2. The minimum Gasteiger partial charge on any atom is -0.484 e. The maximum atomic E-state index is 12.3. The van der Waals surface area contributed by atoms with Gasteiger partial charge in [-0.1, -0.05) is 0 Å². The summed E-state index contributed by atoms with van der Waals surface area (Å²) in [6, 6.07) is 5.65. The first-order valence-corrected chi connectivity index (χ1v) is 7.66. The van der Waals surface area contributed by atoms with E-state index in [-0.39, 0.29) is 17.5 Å². The van der Waals surface area contributed by atoms with Crippen molar-refractivity contribution in [3.05, 3.63) is 51.3 Å². The lowest BCUT2D eigenvalue weighted by Gasteiger charge is -2.18. The van der Waals surface area contributed by atoms with E-state index in [1.165, 1.54) is 24.3 Å². The largest absolute Gasteiger partial charge is 0.484 e. The van der Waals surface area contributed by atoms with Crippen LogP contribution in [0.1, 0.15) is 41.7 Å². The van der Waals surface area contributed by atoms with Crippen LogP contribution in [0.15, 0.2) is 24.3 Å². The van der Waals surface area contributed by atoms with Gasteiger partial charge in [-0.3, -0.25) is 14.9 Å². The van der Waals surface area contributed by atoms with Crippen LogP contribution in [0.2, 0.25) is 0 Å². The number of nitrogens with zero attached hydrogens (tertiary/aromatic N) is 3. The predicted molar refractivity (Wildman–Crippen MR) is 91.3 cm³/mol. The first-order chi connectivity index (χ1) is 11.8. The lowest BCUT2D eigenvalue weighted by molar-refractivity contribution is -0.384. The molecule has 132 valence electrons. The van der Waals surface area contributed by atoms with E-state index >= 15 is 0 Å². The molecule has 0 fully saturated rings. The Bertz CT molecular complexity index is 792. The highest BCUT2D eigenvalue weighted by molar-refractivity contribution is 5.96. The number of amides is 1. The van der Waals surface area contributed by atoms with Gasteiger partial charge in [-0.25, -0.2) is 9.97 Å². The van der Waals surface area contributed by atoms with Crippen molar-refractivity contribution in [2.75, 3.05) is 12.3 Å². The molecule has 3 N–H and O–H groups in total. The molecule has 2 aromatic rings. The summed E-state index contributed by atoms with van der Waals surface area (Å²) in [6.45, 7) is 5.65. The van der Waals surface area contributed by atoms with E-state index in [9.17, 15) is 14.9 Å². The number of ether oxygens (including phenoxy) is 1. The van der Waals surface area contributed by atoms with Crippen molar-refractivity contribution < 1.29 is 14.5 Å². The third-order valence-electron chi connectivity index (χ3n) is 3.45. The number of rotatable bonds is 6. The molecule has 0 bridgehead atoms. The molecular formula is C16H19N5O4. The molecule has 0 aliphatic carbocycles. The highest BCUT2D eigenvalue weighted by Crippen LogP contribution is 2.26. The van der Waals surface area contributed by atoms with E-state index in [4.69, 9.17) is 10.5 Å². The fourth-order valence-electron chi connectivity index (χ4n) is 2.35. The van der Waals surface area contributed by atoms with Gasteiger partial charge in [-0.05, 0) is 32.9 Å². The first-order valence-electron chi connectivity index (χ1n) is 7.66. The van der Waals surface area contributed by atoms with Gasteiger partial charge < -0.3 is 15.8 Å². The molecular weight excluding hydrogens is 326 g/mol. The maximum Gasteiger partial charge on any atom is 0.269 e. The number of nitro groups is 1. The number of nitrogens with two attached hydrogens (primary N) is 1. The molecule has 1 amide bonds. The number of benzene rings is 1. The van der Waals surface area contributed by atoms with Gasteiger partial charge in [-0.2, -0.15) is 0 Å². The fraction of sp³-hybridized carbons (Fsp3) is 0.312. The van der Waals surface area contributed by atoms with Crippen molar-refractivity contribution in [3.8, 4) is 5.75 Å². The summed E-state index contributed by atoms with van der Waals surface area (Å²) in [4.78, 5) is 30.7. The third-order valence-corrected chi connectivity index (χ3v) is 3.45. The van der Waals surface area contributed by atoms with Gasteiger partial charge in [0.2, 0.25) is 5.95 Å². The molecule has 1 unspecified atom stereocenters. The number of non-ortho nitro benzene ring substituents is 1. The molecule has 0 saturated heterocycles. The molecule has 0 saturated carbocycles.